The predicted octanol–water partition coefficient (Wildman–Crippen LogP) is 4.13. The van der Waals surface area contributed by atoms with Gasteiger partial charge in [-0.25, -0.2) is 17.2 Å². The Morgan fingerprint density at radius 3 is 2.42 bits per heavy atom. The smallest absolute Gasteiger partial charge is 0.280 e. The summed E-state index contributed by atoms with van der Waals surface area (Å²) >= 11 is 0. The molecule has 1 saturated carbocycles. The molecular weight excluding hydrogens is 490 g/mol. The first-order chi connectivity index (χ1) is 16.9. The fourth-order valence-corrected chi connectivity index (χ4v) is 8.05. The normalized spacial score (nSPS) is 30.1. The first-order valence-corrected chi connectivity index (χ1v) is 13.4. The molecule has 1 aliphatic carbocycles. The second kappa shape index (κ2) is 8.64. The van der Waals surface area contributed by atoms with Gasteiger partial charge in [0.15, 0.2) is 0 Å². The molecule has 10 heteroatoms. The summed E-state index contributed by atoms with van der Waals surface area (Å²) in [5, 5.41) is 11.8. The van der Waals surface area contributed by atoms with Crippen LogP contribution in [0.4, 0.5) is 8.78 Å². The van der Waals surface area contributed by atoms with Crippen LogP contribution in [-0.2, 0) is 22.0 Å². The van der Waals surface area contributed by atoms with Crippen molar-refractivity contribution in [3.05, 3.63) is 93.0 Å². The third-order valence-corrected chi connectivity index (χ3v) is 9.90. The van der Waals surface area contributed by atoms with Crippen LogP contribution in [0.2, 0.25) is 0 Å². The minimum absolute atomic E-state index is 0.0345. The van der Waals surface area contributed by atoms with Gasteiger partial charge in [-0.15, -0.1) is 0 Å². The molecule has 2 aromatic carbocycles. The average molecular weight is 519 g/mol. The number of halogens is 2. The minimum Gasteiger partial charge on any atom is -0.390 e. The molecule has 0 bridgehead atoms. The van der Waals surface area contributed by atoms with E-state index in [1.54, 1.807) is 38.1 Å². The van der Waals surface area contributed by atoms with E-state index >= 15 is 8.78 Å². The fourth-order valence-electron chi connectivity index (χ4n) is 5.86. The number of hydrogen-bond acceptors (Lipinski definition) is 5. The van der Waals surface area contributed by atoms with Crippen LogP contribution in [-0.4, -0.2) is 34.6 Å². The van der Waals surface area contributed by atoms with Crippen LogP contribution in [0.3, 0.4) is 0 Å². The number of H-pyrrole nitrogens is 1. The number of aromatic nitrogens is 1. The van der Waals surface area contributed by atoms with Crippen molar-refractivity contribution in [2.45, 2.75) is 68.4 Å². The quantitative estimate of drug-likeness (QED) is 0.529. The summed E-state index contributed by atoms with van der Waals surface area (Å²) in [5.41, 5.74) is -2.34. The first kappa shape index (κ1) is 24.9. The Bertz CT molecular complexity index is 1440. The van der Waals surface area contributed by atoms with Gasteiger partial charge in [0.05, 0.1) is 11.0 Å². The van der Waals surface area contributed by atoms with Gasteiger partial charge in [-0.3, -0.25) is 4.79 Å². The van der Waals surface area contributed by atoms with E-state index in [2.05, 4.69) is 5.16 Å². The van der Waals surface area contributed by atoms with Crippen LogP contribution in [0.5, 0.6) is 0 Å². The van der Waals surface area contributed by atoms with E-state index in [9.17, 15) is 18.3 Å². The molecule has 7 nitrogen and oxygen atoms in total. The van der Waals surface area contributed by atoms with E-state index in [1.807, 2.05) is 6.07 Å². The van der Waals surface area contributed by atoms with Gasteiger partial charge < -0.3 is 9.63 Å². The number of nitrogens with one attached hydrogen (secondary N) is 1. The molecule has 1 aliphatic heterocycles. The zero-order chi connectivity index (χ0) is 25.9. The van der Waals surface area contributed by atoms with E-state index < -0.39 is 43.5 Å². The monoisotopic (exact) mass is 518 g/mol. The van der Waals surface area contributed by atoms with Gasteiger partial charge in [-0.05, 0) is 57.2 Å². The van der Waals surface area contributed by atoms with Crippen molar-refractivity contribution in [3.8, 4) is 0 Å². The van der Waals surface area contributed by atoms with Gasteiger partial charge in [-0.1, -0.05) is 30.3 Å². The molecule has 1 saturated heterocycles. The number of aromatic amines is 1. The van der Waals surface area contributed by atoms with Crippen LogP contribution in [0.25, 0.3) is 0 Å². The van der Waals surface area contributed by atoms with Crippen LogP contribution in [0.15, 0.2) is 57.8 Å². The molecule has 0 unspecified atom stereocenters. The molecule has 2 heterocycles. The van der Waals surface area contributed by atoms with Crippen molar-refractivity contribution >= 4 is 10.0 Å². The molecule has 2 fully saturated rings. The Balaban J connectivity index is 1.49. The Kier molecular flexibility index (Phi) is 5.96. The number of benzene rings is 2. The largest absolute Gasteiger partial charge is 0.390 e. The third kappa shape index (κ3) is 4.10. The first-order valence-electron chi connectivity index (χ1n) is 11.9. The van der Waals surface area contributed by atoms with Crippen molar-refractivity contribution in [2.75, 3.05) is 0 Å². The standard InChI is InChI=1S/C26H28F2N2O5S/c1-16-8-9-22(17-6-4-3-5-7-17)36(33,34)30(16)13-18-10-21(28)19(11-20(18)27)26(14-25(2,32)15-26)23-12-24(31)29-35-23/h3-7,10-12,16,22,32H,8-9,13-15H2,1-2H3,(H,29,31)/t16-,22+,25-,26-/m0/s1. The topological polar surface area (TPSA) is 104 Å². The molecule has 0 spiro atoms. The van der Waals surface area contributed by atoms with Crippen LogP contribution in [0, 0.1) is 11.6 Å². The second-order valence-electron chi connectivity index (χ2n) is 10.3. The lowest BCUT2D eigenvalue weighted by molar-refractivity contribution is -0.0698. The summed E-state index contributed by atoms with van der Waals surface area (Å²) in [6, 6.07) is 11.7. The third-order valence-electron chi connectivity index (χ3n) is 7.53. The highest BCUT2D eigenvalue weighted by Crippen LogP contribution is 2.55. The molecule has 192 valence electrons. The van der Waals surface area contributed by atoms with Gasteiger partial charge in [0, 0.05) is 29.8 Å². The Hall–Kier alpha value is -2.82. The number of rotatable bonds is 5. The minimum atomic E-state index is -3.82. The van der Waals surface area contributed by atoms with Crippen molar-refractivity contribution < 1.29 is 26.8 Å². The van der Waals surface area contributed by atoms with Crippen LogP contribution in [0.1, 0.15) is 67.2 Å². The Morgan fingerprint density at radius 2 is 1.81 bits per heavy atom. The summed E-state index contributed by atoms with van der Waals surface area (Å²) in [4.78, 5) is 11.7. The lowest BCUT2D eigenvalue weighted by Gasteiger charge is -2.50. The second-order valence-corrected chi connectivity index (χ2v) is 12.4. The molecular formula is C26H28F2N2O5S. The maximum absolute atomic E-state index is 15.5. The lowest BCUT2D eigenvalue weighted by atomic mass is 9.55. The van der Waals surface area contributed by atoms with Crippen LogP contribution < -0.4 is 5.56 Å². The lowest BCUT2D eigenvalue weighted by Crippen LogP contribution is -2.53. The van der Waals surface area contributed by atoms with E-state index in [0.29, 0.717) is 18.4 Å². The van der Waals surface area contributed by atoms with E-state index in [0.717, 1.165) is 12.1 Å². The fraction of sp³-hybridized carbons (Fsp3) is 0.423. The molecule has 0 radical (unpaired) electrons. The van der Waals surface area contributed by atoms with Crippen molar-refractivity contribution in [2.24, 2.45) is 0 Å². The van der Waals surface area contributed by atoms with Gasteiger partial charge in [0.2, 0.25) is 10.0 Å². The van der Waals surface area contributed by atoms with E-state index in [1.165, 1.54) is 10.4 Å². The van der Waals surface area contributed by atoms with Gasteiger partial charge in [0.1, 0.15) is 22.6 Å². The Morgan fingerprint density at radius 1 is 1.11 bits per heavy atom. The number of aliphatic hydroxyl groups is 1. The van der Waals surface area contributed by atoms with Crippen molar-refractivity contribution in [1.82, 2.24) is 9.46 Å². The average Bonchev–Trinajstić information content (AvgIpc) is 3.23. The zero-order valence-corrected chi connectivity index (χ0v) is 20.8. The Labute approximate surface area is 207 Å². The highest BCUT2D eigenvalue weighted by Gasteiger charge is 2.57. The van der Waals surface area contributed by atoms with Crippen LogP contribution >= 0.6 is 0 Å². The molecule has 2 atom stereocenters. The molecule has 2 N–H and O–H groups in total. The molecule has 0 amide bonds. The highest BCUT2D eigenvalue weighted by atomic mass is 32.2. The summed E-state index contributed by atoms with van der Waals surface area (Å²) in [7, 11) is -3.82. The number of sulfonamides is 1. The summed E-state index contributed by atoms with van der Waals surface area (Å²) < 4.78 is 64.5. The maximum Gasteiger partial charge on any atom is 0.280 e. The van der Waals surface area contributed by atoms with E-state index in [4.69, 9.17) is 4.52 Å². The van der Waals surface area contributed by atoms with Gasteiger partial charge in [0.25, 0.3) is 5.56 Å². The van der Waals surface area contributed by atoms with Gasteiger partial charge in [-0.2, -0.15) is 9.46 Å². The summed E-state index contributed by atoms with van der Waals surface area (Å²) in [6.45, 7) is 3.03. The molecule has 1 aromatic heterocycles. The molecule has 3 aromatic rings. The van der Waals surface area contributed by atoms with Crippen molar-refractivity contribution in [3.63, 3.8) is 0 Å². The number of hydrogen-bond donors (Lipinski definition) is 2. The maximum atomic E-state index is 15.5. The summed E-state index contributed by atoms with van der Waals surface area (Å²) in [5.74, 6) is -1.41. The predicted molar refractivity (Wildman–Crippen MR) is 129 cm³/mol. The molecule has 2 aliphatic rings. The zero-order valence-electron chi connectivity index (χ0n) is 20.0. The highest BCUT2D eigenvalue weighted by molar-refractivity contribution is 7.89. The molecule has 36 heavy (non-hydrogen) atoms. The van der Waals surface area contributed by atoms with E-state index in [-0.39, 0.29) is 42.3 Å². The van der Waals surface area contributed by atoms with Crippen molar-refractivity contribution in [1.29, 1.82) is 0 Å². The summed E-state index contributed by atoms with van der Waals surface area (Å²) in [6.07, 6.45) is 1.11. The number of nitrogens with zero attached hydrogens (tertiary/aromatic N) is 1. The SMILES string of the molecule is C[C@H]1CC[C@H](c2ccccc2)S(=O)(=O)N1Cc1cc(F)c([C@]2(c3cc(=O)[nH]o3)C[C@](C)(O)C2)cc1F. The van der Waals surface area contributed by atoms with Gasteiger partial charge >= 0.3 is 0 Å². The molecule has 5 rings (SSSR count).